The summed E-state index contributed by atoms with van der Waals surface area (Å²) in [4.78, 5) is 17.9. The molecular formula is C15H31N3O2. The Balaban J connectivity index is 3.72. The van der Waals surface area contributed by atoms with E-state index in [0.29, 0.717) is 12.4 Å². The van der Waals surface area contributed by atoms with Gasteiger partial charge in [0, 0.05) is 26.1 Å². The Morgan fingerprint density at radius 3 is 2.25 bits per heavy atom. The molecule has 0 aromatic heterocycles. The van der Waals surface area contributed by atoms with Crippen molar-refractivity contribution >= 4 is 11.9 Å². The van der Waals surface area contributed by atoms with Crippen molar-refractivity contribution < 1.29 is 9.53 Å². The van der Waals surface area contributed by atoms with Gasteiger partial charge in [0.1, 0.15) is 5.60 Å². The van der Waals surface area contributed by atoms with Gasteiger partial charge in [0.2, 0.25) is 0 Å². The van der Waals surface area contributed by atoms with Crippen molar-refractivity contribution in [2.45, 2.75) is 65.9 Å². The molecule has 0 aliphatic heterocycles. The van der Waals surface area contributed by atoms with Crippen LogP contribution in [-0.4, -0.2) is 42.1 Å². The zero-order chi connectivity index (χ0) is 15.6. The Hall–Kier alpha value is -1.26. The quantitative estimate of drug-likeness (QED) is 0.322. The Kier molecular flexibility index (Phi) is 9.01. The third-order valence-corrected chi connectivity index (χ3v) is 2.82. The highest BCUT2D eigenvalue weighted by Gasteiger charge is 2.15. The maximum Gasteiger partial charge on any atom is 0.306 e. The SMILES string of the molecule is CCN(CC)C(N)=NCCCCCC(=O)OC(C)(C)C. The molecule has 0 atom stereocenters. The van der Waals surface area contributed by atoms with E-state index in [1.54, 1.807) is 0 Å². The summed E-state index contributed by atoms with van der Waals surface area (Å²) < 4.78 is 5.25. The number of ether oxygens (including phenoxy) is 1. The first kappa shape index (κ1) is 18.7. The van der Waals surface area contributed by atoms with Crippen LogP contribution in [0.2, 0.25) is 0 Å². The van der Waals surface area contributed by atoms with E-state index in [-0.39, 0.29) is 11.6 Å². The number of carbonyl (C=O) groups is 1. The van der Waals surface area contributed by atoms with Crippen molar-refractivity contribution in [1.82, 2.24) is 4.90 Å². The molecule has 0 spiro atoms. The van der Waals surface area contributed by atoms with Crippen molar-refractivity contribution in [2.24, 2.45) is 10.7 Å². The molecule has 118 valence electrons. The summed E-state index contributed by atoms with van der Waals surface area (Å²) in [5.74, 6) is 0.491. The molecule has 0 saturated carbocycles. The summed E-state index contributed by atoms with van der Waals surface area (Å²) in [5, 5.41) is 0. The summed E-state index contributed by atoms with van der Waals surface area (Å²) in [6, 6.07) is 0. The number of esters is 1. The molecule has 0 saturated heterocycles. The molecule has 20 heavy (non-hydrogen) atoms. The summed E-state index contributed by atoms with van der Waals surface area (Å²) >= 11 is 0. The van der Waals surface area contributed by atoms with Gasteiger partial charge in [-0.05, 0) is 47.5 Å². The third kappa shape index (κ3) is 9.64. The molecule has 0 aromatic carbocycles. The fourth-order valence-corrected chi connectivity index (χ4v) is 1.79. The Labute approximate surface area is 123 Å². The van der Waals surface area contributed by atoms with E-state index in [1.807, 2.05) is 25.7 Å². The van der Waals surface area contributed by atoms with Crippen molar-refractivity contribution in [3.05, 3.63) is 0 Å². The molecule has 0 rings (SSSR count). The molecule has 0 radical (unpaired) electrons. The fourth-order valence-electron chi connectivity index (χ4n) is 1.79. The standard InChI is InChI=1S/C15H31N3O2/c1-6-18(7-2)14(16)17-12-10-8-9-11-13(19)20-15(3,4)5/h6-12H2,1-5H3,(H2,16,17). The van der Waals surface area contributed by atoms with Gasteiger partial charge >= 0.3 is 5.97 Å². The lowest BCUT2D eigenvalue weighted by Crippen LogP contribution is -2.37. The van der Waals surface area contributed by atoms with Crippen molar-refractivity contribution in [2.75, 3.05) is 19.6 Å². The van der Waals surface area contributed by atoms with Crippen LogP contribution in [0.4, 0.5) is 0 Å². The minimum Gasteiger partial charge on any atom is -0.460 e. The maximum atomic E-state index is 11.5. The van der Waals surface area contributed by atoms with Gasteiger partial charge in [0.25, 0.3) is 0 Å². The van der Waals surface area contributed by atoms with E-state index in [2.05, 4.69) is 18.8 Å². The van der Waals surface area contributed by atoms with Crippen LogP contribution < -0.4 is 5.73 Å². The van der Waals surface area contributed by atoms with Gasteiger partial charge in [0.05, 0.1) is 0 Å². The Bertz CT molecular complexity index is 305. The highest BCUT2D eigenvalue weighted by Crippen LogP contribution is 2.10. The number of nitrogens with zero attached hydrogens (tertiary/aromatic N) is 2. The minimum absolute atomic E-state index is 0.122. The van der Waals surface area contributed by atoms with Crippen LogP contribution in [-0.2, 0) is 9.53 Å². The first-order valence-electron chi connectivity index (χ1n) is 7.56. The van der Waals surface area contributed by atoms with Gasteiger partial charge in [-0.15, -0.1) is 0 Å². The number of rotatable bonds is 8. The lowest BCUT2D eigenvalue weighted by molar-refractivity contribution is -0.154. The molecule has 0 fully saturated rings. The summed E-state index contributed by atoms with van der Waals surface area (Å²) in [6.07, 6.45) is 3.24. The van der Waals surface area contributed by atoms with Gasteiger partial charge in [-0.3, -0.25) is 9.79 Å². The van der Waals surface area contributed by atoms with Crippen LogP contribution in [0.25, 0.3) is 0 Å². The molecular weight excluding hydrogens is 254 g/mol. The average molecular weight is 285 g/mol. The largest absolute Gasteiger partial charge is 0.460 e. The van der Waals surface area contributed by atoms with Gasteiger partial charge in [0.15, 0.2) is 5.96 Å². The van der Waals surface area contributed by atoms with Gasteiger partial charge in [-0.25, -0.2) is 0 Å². The van der Waals surface area contributed by atoms with Crippen LogP contribution in [0.15, 0.2) is 4.99 Å². The van der Waals surface area contributed by atoms with Crippen LogP contribution in [0.3, 0.4) is 0 Å². The summed E-state index contributed by atoms with van der Waals surface area (Å²) in [5.41, 5.74) is 5.48. The molecule has 0 aromatic rings. The molecule has 5 heteroatoms. The van der Waals surface area contributed by atoms with E-state index in [1.165, 1.54) is 0 Å². The Morgan fingerprint density at radius 1 is 1.15 bits per heavy atom. The molecule has 0 heterocycles. The van der Waals surface area contributed by atoms with Crippen molar-refractivity contribution in [3.63, 3.8) is 0 Å². The molecule has 0 amide bonds. The van der Waals surface area contributed by atoms with E-state index in [9.17, 15) is 4.79 Å². The topological polar surface area (TPSA) is 67.9 Å². The van der Waals surface area contributed by atoms with E-state index < -0.39 is 0 Å². The number of aliphatic imine (C=N–C) groups is 1. The first-order valence-corrected chi connectivity index (χ1v) is 7.56. The van der Waals surface area contributed by atoms with Crippen molar-refractivity contribution in [1.29, 1.82) is 0 Å². The second-order valence-corrected chi connectivity index (χ2v) is 5.81. The number of hydrogen-bond donors (Lipinski definition) is 1. The van der Waals surface area contributed by atoms with Crippen molar-refractivity contribution in [3.8, 4) is 0 Å². The average Bonchev–Trinajstić information content (AvgIpc) is 2.32. The van der Waals surface area contributed by atoms with Gasteiger partial charge in [-0.2, -0.15) is 0 Å². The van der Waals surface area contributed by atoms with Crippen LogP contribution in [0, 0.1) is 0 Å². The molecule has 0 aliphatic rings. The normalized spacial score (nSPS) is 12.3. The maximum absolute atomic E-state index is 11.5. The zero-order valence-corrected chi connectivity index (χ0v) is 13.7. The number of nitrogens with two attached hydrogens (primary N) is 1. The van der Waals surface area contributed by atoms with E-state index in [0.717, 1.165) is 38.9 Å². The second-order valence-electron chi connectivity index (χ2n) is 5.81. The highest BCUT2D eigenvalue weighted by atomic mass is 16.6. The van der Waals surface area contributed by atoms with Crippen LogP contribution in [0.1, 0.15) is 60.3 Å². The number of unbranched alkanes of at least 4 members (excludes halogenated alkanes) is 2. The molecule has 0 aliphatic carbocycles. The predicted octanol–water partition coefficient (Wildman–Crippen LogP) is 2.54. The molecule has 0 bridgehead atoms. The highest BCUT2D eigenvalue weighted by molar-refractivity contribution is 5.77. The lowest BCUT2D eigenvalue weighted by atomic mass is 10.1. The Morgan fingerprint density at radius 2 is 1.75 bits per heavy atom. The lowest BCUT2D eigenvalue weighted by Gasteiger charge is -2.19. The number of hydrogen-bond acceptors (Lipinski definition) is 3. The summed E-state index contributed by atoms with van der Waals surface area (Å²) in [7, 11) is 0. The predicted molar refractivity (Wildman–Crippen MR) is 83.7 cm³/mol. The zero-order valence-electron chi connectivity index (χ0n) is 13.7. The monoisotopic (exact) mass is 285 g/mol. The number of guanidine groups is 1. The number of carbonyl (C=O) groups excluding carboxylic acids is 1. The van der Waals surface area contributed by atoms with Crippen LogP contribution >= 0.6 is 0 Å². The molecule has 2 N–H and O–H groups in total. The molecule has 5 nitrogen and oxygen atoms in total. The smallest absolute Gasteiger partial charge is 0.306 e. The summed E-state index contributed by atoms with van der Waals surface area (Å²) in [6.45, 7) is 12.3. The fraction of sp³-hybridized carbons (Fsp3) is 0.867. The second kappa shape index (κ2) is 9.61. The van der Waals surface area contributed by atoms with E-state index >= 15 is 0 Å². The first-order chi connectivity index (χ1) is 9.30. The van der Waals surface area contributed by atoms with Crippen LogP contribution in [0.5, 0.6) is 0 Å². The minimum atomic E-state index is -0.389. The van der Waals surface area contributed by atoms with Gasteiger partial charge in [-0.1, -0.05) is 6.42 Å². The molecule has 0 unspecified atom stereocenters. The van der Waals surface area contributed by atoms with Gasteiger partial charge < -0.3 is 15.4 Å². The third-order valence-electron chi connectivity index (χ3n) is 2.82. The van der Waals surface area contributed by atoms with E-state index in [4.69, 9.17) is 10.5 Å².